The fraction of sp³-hybridized carbons (Fsp3) is 0.250. The zero-order chi connectivity index (χ0) is 8.55. The molecule has 0 saturated heterocycles. The largest absolute Gasteiger partial charge is 0.466 e. The molecule has 0 bridgehead atoms. The van der Waals surface area contributed by atoms with Crippen LogP contribution in [0.2, 0.25) is 0 Å². The SMILES string of the molecule is COc1nc2c(C)cccn2n1. The van der Waals surface area contributed by atoms with E-state index in [9.17, 15) is 0 Å². The van der Waals surface area contributed by atoms with E-state index < -0.39 is 0 Å². The fourth-order valence-corrected chi connectivity index (χ4v) is 1.11. The van der Waals surface area contributed by atoms with E-state index in [1.54, 1.807) is 11.6 Å². The third-order valence-electron chi connectivity index (χ3n) is 1.72. The molecular formula is C8H9N3O. The smallest absolute Gasteiger partial charge is 0.336 e. The lowest BCUT2D eigenvalue weighted by Crippen LogP contribution is -1.88. The van der Waals surface area contributed by atoms with Gasteiger partial charge in [-0.3, -0.25) is 0 Å². The summed E-state index contributed by atoms with van der Waals surface area (Å²) < 4.78 is 6.61. The molecule has 0 aliphatic heterocycles. The molecule has 0 unspecified atom stereocenters. The van der Waals surface area contributed by atoms with Crippen molar-refractivity contribution < 1.29 is 4.74 Å². The molecule has 0 aromatic carbocycles. The van der Waals surface area contributed by atoms with E-state index in [0.717, 1.165) is 11.2 Å². The van der Waals surface area contributed by atoms with Gasteiger partial charge in [-0.1, -0.05) is 6.07 Å². The van der Waals surface area contributed by atoms with Crippen LogP contribution in [0.5, 0.6) is 6.01 Å². The third-order valence-corrected chi connectivity index (χ3v) is 1.72. The lowest BCUT2D eigenvalue weighted by Gasteiger charge is -1.91. The van der Waals surface area contributed by atoms with Crippen LogP contribution in [0.4, 0.5) is 0 Å². The van der Waals surface area contributed by atoms with Crippen molar-refractivity contribution in [1.29, 1.82) is 0 Å². The number of ether oxygens (including phenoxy) is 1. The van der Waals surface area contributed by atoms with Gasteiger partial charge in [0, 0.05) is 6.20 Å². The number of pyridine rings is 1. The van der Waals surface area contributed by atoms with Crippen molar-refractivity contribution in [3.8, 4) is 6.01 Å². The first-order chi connectivity index (χ1) is 5.81. The molecule has 0 spiro atoms. The van der Waals surface area contributed by atoms with Crippen molar-refractivity contribution in [2.45, 2.75) is 6.92 Å². The average Bonchev–Trinajstić information content (AvgIpc) is 2.49. The van der Waals surface area contributed by atoms with Gasteiger partial charge in [0.05, 0.1) is 7.11 Å². The van der Waals surface area contributed by atoms with E-state index in [2.05, 4.69) is 10.1 Å². The standard InChI is InChI=1S/C8H9N3O/c1-6-4-3-5-11-7(6)9-8(10-11)12-2/h3-5H,1-2H3. The Balaban J connectivity index is 2.74. The molecule has 0 atom stereocenters. The normalized spacial score (nSPS) is 10.5. The maximum atomic E-state index is 4.91. The highest BCUT2D eigenvalue weighted by molar-refractivity contribution is 5.46. The van der Waals surface area contributed by atoms with Gasteiger partial charge in [-0.2, -0.15) is 4.98 Å². The van der Waals surface area contributed by atoms with Crippen LogP contribution in [-0.4, -0.2) is 21.7 Å². The molecule has 0 fully saturated rings. The van der Waals surface area contributed by atoms with Crippen LogP contribution in [0.1, 0.15) is 5.56 Å². The Morgan fingerprint density at radius 1 is 1.50 bits per heavy atom. The lowest BCUT2D eigenvalue weighted by atomic mass is 10.3. The van der Waals surface area contributed by atoms with Crippen LogP contribution >= 0.6 is 0 Å². The summed E-state index contributed by atoms with van der Waals surface area (Å²) >= 11 is 0. The molecule has 0 amide bonds. The van der Waals surface area contributed by atoms with Crippen LogP contribution in [0, 0.1) is 6.92 Å². The summed E-state index contributed by atoms with van der Waals surface area (Å²) in [5.41, 5.74) is 1.93. The molecule has 4 nitrogen and oxygen atoms in total. The van der Waals surface area contributed by atoms with Crippen molar-refractivity contribution >= 4 is 5.65 Å². The van der Waals surface area contributed by atoms with Gasteiger partial charge in [-0.25, -0.2) is 4.52 Å². The number of aromatic nitrogens is 3. The lowest BCUT2D eigenvalue weighted by molar-refractivity contribution is 0.380. The summed E-state index contributed by atoms with van der Waals surface area (Å²) in [4.78, 5) is 4.16. The monoisotopic (exact) mass is 163 g/mol. The number of hydrogen-bond acceptors (Lipinski definition) is 3. The van der Waals surface area contributed by atoms with Crippen LogP contribution in [0.15, 0.2) is 18.3 Å². The van der Waals surface area contributed by atoms with Crippen molar-refractivity contribution in [3.63, 3.8) is 0 Å². The van der Waals surface area contributed by atoms with Crippen molar-refractivity contribution in [2.24, 2.45) is 0 Å². The Bertz CT molecular complexity index is 408. The molecule has 2 aromatic heterocycles. The highest BCUT2D eigenvalue weighted by Gasteiger charge is 2.03. The van der Waals surface area contributed by atoms with Gasteiger partial charge in [0.25, 0.3) is 0 Å². The van der Waals surface area contributed by atoms with Gasteiger partial charge >= 0.3 is 6.01 Å². The molecule has 0 saturated carbocycles. The minimum atomic E-state index is 0.407. The summed E-state index contributed by atoms with van der Waals surface area (Å²) in [6, 6.07) is 4.32. The molecule has 2 aromatic rings. The van der Waals surface area contributed by atoms with Gasteiger partial charge in [0.1, 0.15) is 0 Å². The second kappa shape index (κ2) is 2.48. The summed E-state index contributed by atoms with van der Waals surface area (Å²) in [5.74, 6) is 0. The second-order valence-corrected chi connectivity index (χ2v) is 2.56. The molecule has 2 rings (SSSR count). The quantitative estimate of drug-likeness (QED) is 0.630. The predicted octanol–water partition coefficient (Wildman–Crippen LogP) is 1.05. The summed E-state index contributed by atoms with van der Waals surface area (Å²) in [6.07, 6.45) is 1.85. The maximum absolute atomic E-state index is 4.91. The predicted molar refractivity (Wildman–Crippen MR) is 44.3 cm³/mol. The fourth-order valence-electron chi connectivity index (χ4n) is 1.11. The number of rotatable bonds is 1. The van der Waals surface area contributed by atoms with Crippen LogP contribution in [-0.2, 0) is 0 Å². The molecule has 0 radical (unpaired) electrons. The van der Waals surface area contributed by atoms with Crippen LogP contribution in [0.25, 0.3) is 5.65 Å². The van der Waals surface area contributed by atoms with Crippen molar-refractivity contribution in [1.82, 2.24) is 14.6 Å². The highest BCUT2D eigenvalue weighted by Crippen LogP contribution is 2.10. The Hall–Kier alpha value is -1.58. The summed E-state index contributed by atoms with van der Waals surface area (Å²) in [7, 11) is 1.56. The molecular weight excluding hydrogens is 154 g/mol. The molecule has 62 valence electrons. The number of nitrogens with zero attached hydrogens (tertiary/aromatic N) is 3. The zero-order valence-corrected chi connectivity index (χ0v) is 6.98. The van der Waals surface area contributed by atoms with Crippen molar-refractivity contribution in [3.05, 3.63) is 23.9 Å². The number of aryl methyl sites for hydroxylation is 1. The van der Waals surface area contributed by atoms with E-state index >= 15 is 0 Å². The number of fused-ring (bicyclic) bond motifs is 1. The van der Waals surface area contributed by atoms with Crippen LogP contribution in [0.3, 0.4) is 0 Å². The first kappa shape index (κ1) is 7.09. The zero-order valence-electron chi connectivity index (χ0n) is 6.98. The minimum Gasteiger partial charge on any atom is -0.466 e. The Morgan fingerprint density at radius 2 is 2.33 bits per heavy atom. The van der Waals surface area contributed by atoms with E-state index in [-0.39, 0.29) is 0 Å². The first-order valence-corrected chi connectivity index (χ1v) is 3.67. The summed E-state index contributed by atoms with van der Waals surface area (Å²) in [6.45, 7) is 1.99. The minimum absolute atomic E-state index is 0.407. The van der Waals surface area contributed by atoms with Gasteiger partial charge in [-0.05, 0) is 18.6 Å². The molecule has 0 aliphatic carbocycles. The number of methoxy groups -OCH3 is 1. The topological polar surface area (TPSA) is 39.4 Å². The maximum Gasteiger partial charge on any atom is 0.336 e. The Labute approximate surface area is 69.8 Å². The second-order valence-electron chi connectivity index (χ2n) is 2.56. The highest BCUT2D eigenvalue weighted by atomic mass is 16.5. The van der Waals surface area contributed by atoms with Gasteiger partial charge in [0.2, 0.25) is 0 Å². The molecule has 4 heteroatoms. The Kier molecular flexibility index (Phi) is 1.46. The van der Waals surface area contributed by atoms with Gasteiger partial charge in [-0.15, -0.1) is 5.10 Å². The number of hydrogen-bond donors (Lipinski definition) is 0. The summed E-state index contributed by atoms with van der Waals surface area (Å²) in [5, 5.41) is 4.08. The Morgan fingerprint density at radius 3 is 3.00 bits per heavy atom. The molecule has 12 heavy (non-hydrogen) atoms. The van der Waals surface area contributed by atoms with E-state index in [0.29, 0.717) is 6.01 Å². The molecule has 2 heterocycles. The van der Waals surface area contributed by atoms with E-state index in [4.69, 9.17) is 4.74 Å². The van der Waals surface area contributed by atoms with Crippen LogP contribution < -0.4 is 4.74 Å². The molecule has 0 aliphatic rings. The first-order valence-electron chi connectivity index (χ1n) is 3.67. The van der Waals surface area contributed by atoms with Gasteiger partial charge < -0.3 is 4.74 Å². The molecule has 0 N–H and O–H groups in total. The average molecular weight is 163 g/mol. The van der Waals surface area contributed by atoms with E-state index in [1.807, 2.05) is 25.3 Å². The van der Waals surface area contributed by atoms with Gasteiger partial charge in [0.15, 0.2) is 5.65 Å². The third kappa shape index (κ3) is 0.922. The van der Waals surface area contributed by atoms with Crippen molar-refractivity contribution in [2.75, 3.05) is 7.11 Å². The van der Waals surface area contributed by atoms with E-state index in [1.165, 1.54) is 0 Å².